The lowest BCUT2D eigenvalue weighted by molar-refractivity contribution is -0.189. The SMILES string of the molecule is CC[C@@]1(OC(=O)CCC(=O)NCCCC[C@H](N)C(N)=O)C(=O)OCc2c1cc1n(c2=O)Cc2cc3ccccc3nc2-1. The van der Waals surface area contributed by atoms with Crippen LogP contribution in [0.15, 0.2) is 41.2 Å². The third-order valence-electron chi connectivity index (χ3n) is 7.86. The number of benzene rings is 1. The van der Waals surface area contributed by atoms with E-state index in [0.29, 0.717) is 43.7 Å². The summed E-state index contributed by atoms with van der Waals surface area (Å²) in [5, 5.41) is 3.66. The Morgan fingerprint density at radius 3 is 2.71 bits per heavy atom. The normalized spacial score (nSPS) is 17.5. The molecule has 5 N–H and O–H groups in total. The smallest absolute Gasteiger partial charge is 0.355 e. The second-order valence-corrected chi connectivity index (χ2v) is 10.6. The number of carbonyl (C=O) groups excluding carboxylic acids is 4. The van der Waals surface area contributed by atoms with Crippen LogP contribution in [0.1, 0.15) is 62.1 Å². The van der Waals surface area contributed by atoms with Gasteiger partial charge in [-0.1, -0.05) is 25.1 Å². The topological polar surface area (TPSA) is 186 Å². The molecule has 1 aromatic carbocycles. The highest BCUT2D eigenvalue weighted by atomic mass is 16.6. The maximum absolute atomic E-state index is 13.6. The molecular weight excluding hydrogens is 542 g/mol. The summed E-state index contributed by atoms with van der Waals surface area (Å²) in [5.74, 6) is -2.47. The van der Waals surface area contributed by atoms with Crippen LogP contribution in [-0.2, 0) is 47.4 Å². The summed E-state index contributed by atoms with van der Waals surface area (Å²) in [7, 11) is 0. The van der Waals surface area contributed by atoms with Crippen molar-refractivity contribution in [2.24, 2.45) is 11.5 Å². The Morgan fingerprint density at radius 1 is 1.17 bits per heavy atom. The molecule has 42 heavy (non-hydrogen) atoms. The third kappa shape index (κ3) is 5.37. The molecule has 0 saturated heterocycles. The van der Waals surface area contributed by atoms with E-state index in [9.17, 15) is 24.0 Å². The van der Waals surface area contributed by atoms with Gasteiger partial charge >= 0.3 is 11.9 Å². The number of carbonyl (C=O) groups is 4. The quantitative estimate of drug-likeness (QED) is 0.176. The molecule has 2 aliphatic heterocycles. The lowest BCUT2D eigenvalue weighted by Gasteiger charge is -2.35. The van der Waals surface area contributed by atoms with Gasteiger partial charge in [0.05, 0.1) is 41.5 Å². The summed E-state index contributed by atoms with van der Waals surface area (Å²) >= 11 is 0. The number of hydrogen-bond acceptors (Lipinski definition) is 9. The van der Waals surface area contributed by atoms with Crippen molar-refractivity contribution in [3.8, 4) is 11.4 Å². The molecule has 0 bridgehead atoms. The summed E-state index contributed by atoms with van der Waals surface area (Å²) in [6.45, 7) is 2.11. The Kier molecular flexibility index (Phi) is 8.08. The van der Waals surface area contributed by atoms with Gasteiger partial charge in [-0.05, 0) is 43.9 Å². The maximum Gasteiger partial charge on any atom is 0.355 e. The lowest BCUT2D eigenvalue weighted by Crippen LogP contribution is -2.47. The average molecular weight is 576 g/mol. The Morgan fingerprint density at radius 2 is 1.95 bits per heavy atom. The first-order valence-corrected chi connectivity index (χ1v) is 14.0. The summed E-state index contributed by atoms with van der Waals surface area (Å²) < 4.78 is 12.7. The van der Waals surface area contributed by atoms with Crippen molar-refractivity contribution in [2.45, 2.75) is 70.2 Å². The minimum Gasteiger partial charge on any atom is -0.457 e. The first kappa shape index (κ1) is 28.9. The number of para-hydroxylation sites is 1. The number of nitrogens with zero attached hydrogens (tertiary/aromatic N) is 2. The number of hydrogen-bond donors (Lipinski definition) is 3. The van der Waals surface area contributed by atoms with Gasteiger partial charge in [0.25, 0.3) is 5.56 Å². The number of cyclic esters (lactones) is 1. The molecule has 12 heteroatoms. The predicted octanol–water partition coefficient (Wildman–Crippen LogP) is 1.51. The molecular formula is C30H33N5O7. The van der Waals surface area contributed by atoms with Gasteiger partial charge in [-0.3, -0.25) is 19.2 Å². The second kappa shape index (κ2) is 11.7. The zero-order valence-corrected chi connectivity index (χ0v) is 23.3. The van der Waals surface area contributed by atoms with E-state index in [0.717, 1.165) is 16.5 Å². The van der Waals surface area contributed by atoms with Crippen LogP contribution in [0.25, 0.3) is 22.3 Å². The molecule has 5 rings (SSSR count). The number of primary amides is 1. The number of nitrogens with two attached hydrogens (primary N) is 2. The molecule has 220 valence electrons. The zero-order chi connectivity index (χ0) is 30.0. The number of aromatic nitrogens is 2. The molecule has 2 amide bonds. The number of unbranched alkanes of at least 4 members (excludes halogenated alkanes) is 1. The number of pyridine rings is 2. The average Bonchev–Trinajstić information content (AvgIpc) is 3.33. The van der Waals surface area contributed by atoms with Gasteiger partial charge in [0.15, 0.2) is 0 Å². The van der Waals surface area contributed by atoms with Crippen molar-refractivity contribution >= 4 is 34.7 Å². The van der Waals surface area contributed by atoms with Crippen molar-refractivity contribution < 1.29 is 28.7 Å². The van der Waals surface area contributed by atoms with E-state index in [4.69, 9.17) is 25.9 Å². The van der Waals surface area contributed by atoms with Gasteiger partial charge in [0.2, 0.25) is 17.4 Å². The van der Waals surface area contributed by atoms with Crippen LogP contribution in [0, 0.1) is 0 Å². The van der Waals surface area contributed by atoms with Crippen LogP contribution in [0.2, 0.25) is 0 Å². The van der Waals surface area contributed by atoms with Gasteiger partial charge < -0.3 is 30.8 Å². The highest BCUT2D eigenvalue weighted by Gasteiger charge is 2.50. The van der Waals surface area contributed by atoms with Gasteiger partial charge in [-0.2, -0.15) is 0 Å². The molecule has 4 heterocycles. The van der Waals surface area contributed by atoms with Gasteiger partial charge in [0.1, 0.15) is 6.61 Å². The van der Waals surface area contributed by atoms with Gasteiger partial charge in [0, 0.05) is 29.5 Å². The van der Waals surface area contributed by atoms with E-state index in [1.54, 1.807) is 17.6 Å². The van der Waals surface area contributed by atoms with Crippen LogP contribution in [0.3, 0.4) is 0 Å². The molecule has 12 nitrogen and oxygen atoms in total. The van der Waals surface area contributed by atoms with Crippen LogP contribution in [-0.4, -0.2) is 45.9 Å². The number of fused-ring (bicyclic) bond motifs is 5. The van der Waals surface area contributed by atoms with Crippen LogP contribution < -0.4 is 22.3 Å². The molecule has 0 saturated carbocycles. The first-order chi connectivity index (χ1) is 20.1. The number of nitrogens with one attached hydrogen (secondary N) is 1. The molecule has 0 aliphatic carbocycles. The number of esters is 2. The number of amides is 2. The Bertz CT molecular complexity index is 1650. The summed E-state index contributed by atoms with van der Waals surface area (Å²) in [4.78, 5) is 67.8. The molecule has 0 spiro atoms. The molecule has 3 aromatic rings. The molecule has 0 fully saturated rings. The van der Waals surface area contributed by atoms with Crippen LogP contribution in [0.4, 0.5) is 0 Å². The minimum absolute atomic E-state index is 0.0328. The Hall–Kier alpha value is -4.58. The largest absolute Gasteiger partial charge is 0.457 e. The maximum atomic E-state index is 13.6. The zero-order valence-electron chi connectivity index (χ0n) is 23.3. The highest BCUT2D eigenvalue weighted by Crippen LogP contribution is 2.41. The lowest BCUT2D eigenvalue weighted by atomic mass is 9.85. The van der Waals surface area contributed by atoms with Crippen molar-refractivity contribution in [2.75, 3.05) is 6.54 Å². The van der Waals surface area contributed by atoms with Crippen molar-refractivity contribution in [3.05, 3.63) is 63.4 Å². The Labute approximate surface area is 241 Å². The van der Waals surface area contributed by atoms with E-state index >= 15 is 0 Å². The molecule has 2 aromatic heterocycles. The standard InChI is InChI=1S/C30H33N5O7/c1-2-30(42-25(37)11-10-24(36)33-12-6-5-8-21(31)27(32)38)20-14-23-26-18(13-17-7-3-4-9-22(17)34-26)15-35(23)28(39)19(20)16-41-29(30)40/h3-4,7,9,13-14,21H,2,5-6,8,10-12,15-16,31H2,1H3,(H2,32,38)(H,33,36)/t21-,30-/m0/s1. The van der Waals surface area contributed by atoms with E-state index in [1.807, 2.05) is 30.3 Å². The second-order valence-electron chi connectivity index (χ2n) is 10.6. The predicted molar refractivity (Wildman–Crippen MR) is 152 cm³/mol. The van der Waals surface area contributed by atoms with Crippen LogP contribution in [0.5, 0.6) is 0 Å². The third-order valence-corrected chi connectivity index (χ3v) is 7.86. The summed E-state index contributed by atoms with van der Waals surface area (Å²) in [6.07, 6.45) is 1.21. The fourth-order valence-corrected chi connectivity index (χ4v) is 5.49. The van der Waals surface area contributed by atoms with E-state index < -0.39 is 29.5 Å². The molecule has 2 atom stereocenters. The highest BCUT2D eigenvalue weighted by molar-refractivity contribution is 5.89. The van der Waals surface area contributed by atoms with Gasteiger partial charge in [-0.15, -0.1) is 0 Å². The monoisotopic (exact) mass is 575 g/mol. The summed E-state index contributed by atoms with van der Waals surface area (Å²) in [6, 6.07) is 10.6. The van der Waals surface area contributed by atoms with Crippen molar-refractivity contribution in [1.29, 1.82) is 0 Å². The van der Waals surface area contributed by atoms with Crippen LogP contribution >= 0.6 is 0 Å². The van der Waals surface area contributed by atoms with E-state index in [-0.39, 0.29) is 48.5 Å². The fourth-order valence-electron chi connectivity index (χ4n) is 5.49. The van der Waals surface area contributed by atoms with E-state index in [2.05, 4.69) is 5.32 Å². The summed E-state index contributed by atoms with van der Waals surface area (Å²) in [5.41, 5.74) is 11.9. The molecule has 2 aliphatic rings. The fraction of sp³-hybridized carbons (Fsp3) is 0.400. The van der Waals surface area contributed by atoms with Gasteiger partial charge in [-0.25, -0.2) is 9.78 Å². The molecule has 0 unspecified atom stereocenters. The van der Waals surface area contributed by atoms with E-state index in [1.165, 1.54) is 0 Å². The minimum atomic E-state index is -1.82. The first-order valence-electron chi connectivity index (χ1n) is 14.0. The van der Waals surface area contributed by atoms with Crippen molar-refractivity contribution in [3.63, 3.8) is 0 Å². The molecule has 0 radical (unpaired) electrons. The number of ether oxygens (including phenoxy) is 2. The number of rotatable bonds is 11. The van der Waals surface area contributed by atoms with Crippen molar-refractivity contribution in [1.82, 2.24) is 14.9 Å². The Balaban J connectivity index is 1.31.